The van der Waals surface area contributed by atoms with Gasteiger partial charge < -0.3 is 14.2 Å². The quantitative estimate of drug-likeness (QED) is 0.819. The Morgan fingerprint density at radius 2 is 2.08 bits per heavy atom. The van der Waals surface area contributed by atoms with Crippen molar-refractivity contribution in [1.82, 2.24) is 14.9 Å². The highest BCUT2D eigenvalue weighted by molar-refractivity contribution is 5.87. The number of amides is 1. The van der Waals surface area contributed by atoms with Crippen molar-refractivity contribution in [3.05, 3.63) is 32.4 Å². The molecule has 0 radical (unpaired) electrons. The van der Waals surface area contributed by atoms with Gasteiger partial charge in [-0.1, -0.05) is 19.0 Å². The number of aromatic amines is 1. The van der Waals surface area contributed by atoms with Crippen LogP contribution in [-0.2, 0) is 11.2 Å². The predicted octanol–water partition coefficient (Wildman–Crippen LogP) is 1.21. The zero-order valence-corrected chi connectivity index (χ0v) is 14.7. The van der Waals surface area contributed by atoms with Crippen molar-refractivity contribution in [3.8, 4) is 6.01 Å². The van der Waals surface area contributed by atoms with Crippen molar-refractivity contribution in [2.24, 2.45) is 5.16 Å². The smallest absolute Gasteiger partial charge is 0.337 e. The van der Waals surface area contributed by atoms with Crippen LogP contribution in [0.2, 0.25) is 0 Å². The third-order valence-electron chi connectivity index (χ3n) is 4.31. The average molecular weight is 360 g/mol. The first-order valence-electron chi connectivity index (χ1n) is 8.59. The molecular formula is C17H20N4O5. The van der Waals surface area contributed by atoms with E-state index in [1.807, 2.05) is 13.8 Å². The Morgan fingerprint density at radius 3 is 2.73 bits per heavy atom. The fraction of sp³-hybridized carbons (Fsp3) is 0.471. The number of hydrogen-bond donors (Lipinski definition) is 1. The first-order chi connectivity index (χ1) is 12.5. The van der Waals surface area contributed by atoms with Gasteiger partial charge in [0.15, 0.2) is 0 Å². The molecule has 2 aromatic heterocycles. The van der Waals surface area contributed by atoms with E-state index in [0.717, 1.165) is 5.71 Å². The lowest BCUT2D eigenvalue weighted by Crippen LogP contribution is -2.38. The minimum Gasteiger partial charge on any atom is -0.403 e. The summed E-state index contributed by atoms with van der Waals surface area (Å²) in [5, 5.41) is 4.25. The van der Waals surface area contributed by atoms with Crippen molar-refractivity contribution in [2.45, 2.75) is 39.5 Å². The highest BCUT2D eigenvalue weighted by Gasteiger charge is 2.19. The molecule has 2 aromatic rings. The maximum absolute atomic E-state index is 12.3. The molecule has 3 heterocycles. The molecule has 1 amide bonds. The van der Waals surface area contributed by atoms with Crippen LogP contribution in [0.4, 0.5) is 0 Å². The molecule has 0 spiro atoms. The highest BCUT2D eigenvalue weighted by atomic mass is 16.6. The molecule has 26 heavy (non-hydrogen) atoms. The molecule has 9 nitrogen and oxygen atoms in total. The van der Waals surface area contributed by atoms with E-state index < -0.39 is 11.2 Å². The monoisotopic (exact) mass is 360 g/mol. The second kappa shape index (κ2) is 7.51. The maximum Gasteiger partial charge on any atom is 0.337 e. The van der Waals surface area contributed by atoms with Gasteiger partial charge in [0, 0.05) is 38.4 Å². The van der Waals surface area contributed by atoms with E-state index in [-0.39, 0.29) is 23.0 Å². The van der Waals surface area contributed by atoms with Gasteiger partial charge in [-0.3, -0.25) is 14.6 Å². The van der Waals surface area contributed by atoms with E-state index in [1.165, 1.54) is 6.07 Å². The van der Waals surface area contributed by atoms with Crippen molar-refractivity contribution >= 4 is 22.7 Å². The lowest BCUT2D eigenvalue weighted by Gasteiger charge is -2.26. The Balaban J connectivity index is 1.79. The van der Waals surface area contributed by atoms with Gasteiger partial charge in [-0.15, -0.1) is 0 Å². The normalized spacial score (nSPS) is 14.5. The number of piperidine rings is 1. The predicted molar refractivity (Wildman–Crippen MR) is 94.4 cm³/mol. The lowest BCUT2D eigenvalue weighted by molar-refractivity contribution is -0.130. The van der Waals surface area contributed by atoms with Gasteiger partial charge in [0.2, 0.25) is 11.6 Å². The topological polar surface area (TPSA) is 118 Å². The summed E-state index contributed by atoms with van der Waals surface area (Å²) >= 11 is 0. The fourth-order valence-corrected chi connectivity index (χ4v) is 2.89. The molecule has 0 aliphatic carbocycles. The Labute approximate surface area is 148 Å². The molecule has 0 atom stereocenters. The second-order valence-corrected chi connectivity index (χ2v) is 5.98. The van der Waals surface area contributed by atoms with Gasteiger partial charge in [-0.05, 0) is 12.0 Å². The van der Waals surface area contributed by atoms with E-state index in [4.69, 9.17) is 9.25 Å². The molecular weight excluding hydrogens is 340 g/mol. The number of oxime groups is 1. The van der Waals surface area contributed by atoms with Crippen LogP contribution in [0.1, 0.15) is 38.7 Å². The van der Waals surface area contributed by atoms with Crippen LogP contribution in [-0.4, -0.2) is 39.6 Å². The van der Waals surface area contributed by atoms with Crippen LogP contribution >= 0.6 is 0 Å². The van der Waals surface area contributed by atoms with Gasteiger partial charge in [-0.25, -0.2) is 4.79 Å². The minimum absolute atomic E-state index is 0.0725. The summed E-state index contributed by atoms with van der Waals surface area (Å²) in [6.07, 6.45) is 2.18. The Hall–Kier alpha value is -2.97. The van der Waals surface area contributed by atoms with Crippen molar-refractivity contribution in [2.75, 3.05) is 13.1 Å². The summed E-state index contributed by atoms with van der Waals surface area (Å²) in [7, 11) is 0. The van der Waals surface area contributed by atoms with E-state index in [2.05, 4.69) is 15.1 Å². The molecule has 1 aliphatic heterocycles. The number of hydrogen-bond acceptors (Lipinski definition) is 7. The summed E-state index contributed by atoms with van der Waals surface area (Å²) in [5.74, 6) is 0.118. The van der Waals surface area contributed by atoms with Crippen LogP contribution in [0.15, 0.2) is 25.2 Å². The van der Waals surface area contributed by atoms with Gasteiger partial charge >= 0.3 is 11.6 Å². The van der Waals surface area contributed by atoms with Crippen molar-refractivity contribution < 1.29 is 14.0 Å². The largest absolute Gasteiger partial charge is 0.403 e. The molecule has 138 valence electrons. The number of H-pyrrole nitrogens is 1. The zero-order valence-electron chi connectivity index (χ0n) is 14.7. The van der Waals surface area contributed by atoms with Crippen LogP contribution in [0.25, 0.3) is 11.1 Å². The molecule has 1 N–H and O–H groups in total. The molecule has 0 bridgehead atoms. The third-order valence-corrected chi connectivity index (χ3v) is 4.31. The highest BCUT2D eigenvalue weighted by Crippen LogP contribution is 2.14. The number of likely N-dealkylation sites (tertiary alicyclic amines) is 1. The molecule has 0 unspecified atom stereocenters. The van der Waals surface area contributed by atoms with Gasteiger partial charge in [0.05, 0.1) is 5.71 Å². The second-order valence-electron chi connectivity index (χ2n) is 5.98. The standard InChI is InChI=1S/C17H20N4O5/c1-3-10-9-13(23)25-16-14(10)15(24)18-17(19-16)26-20-11-5-7-21(8-6-11)12(22)4-2/h9H,3-8H2,1-2H3,(H,18,19,24). The molecule has 1 fully saturated rings. The lowest BCUT2D eigenvalue weighted by atomic mass is 10.1. The number of aryl methyl sites for hydroxylation is 1. The van der Waals surface area contributed by atoms with E-state index >= 15 is 0 Å². The van der Waals surface area contributed by atoms with Crippen molar-refractivity contribution in [1.29, 1.82) is 0 Å². The summed E-state index contributed by atoms with van der Waals surface area (Å²) < 4.78 is 5.01. The number of aromatic nitrogens is 2. The third kappa shape index (κ3) is 3.66. The number of carbonyl (C=O) groups excluding carboxylic acids is 1. The Bertz CT molecular complexity index is 965. The number of fused-ring (bicyclic) bond motifs is 1. The summed E-state index contributed by atoms with van der Waals surface area (Å²) in [4.78, 5) is 49.0. The fourth-order valence-electron chi connectivity index (χ4n) is 2.89. The summed E-state index contributed by atoms with van der Waals surface area (Å²) in [5.41, 5.74) is 0.246. The van der Waals surface area contributed by atoms with Crippen LogP contribution in [0.5, 0.6) is 6.01 Å². The minimum atomic E-state index is -0.572. The molecule has 1 saturated heterocycles. The van der Waals surface area contributed by atoms with Crippen LogP contribution in [0.3, 0.4) is 0 Å². The number of nitrogens with zero attached hydrogens (tertiary/aromatic N) is 3. The van der Waals surface area contributed by atoms with E-state index in [9.17, 15) is 14.4 Å². The van der Waals surface area contributed by atoms with Gasteiger partial charge in [0.1, 0.15) is 5.39 Å². The Morgan fingerprint density at radius 1 is 1.35 bits per heavy atom. The number of rotatable bonds is 4. The van der Waals surface area contributed by atoms with E-state index in [1.54, 1.807) is 4.90 Å². The molecule has 1 aliphatic rings. The molecule has 3 rings (SSSR count). The first-order valence-corrected chi connectivity index (χ1v) is 8.59. The van der Waals surface area contributed by atoms with Gasteiger partial charge in [-0.2, -0.15) is 4.98 Å². The number of nitrogens with one attached hydrogen (secondary N) is 1. The molecule has 9 heteroatoms. The SMILES string of the molecule is CCC(=O)N1CCC(=NOc2nc3oc(=O)cc(CC)c3c(=O)[nH]2)CC1. The maximum atomic E-state index is 12.3. The summed E-state index contributed by atoms with van der Waals surface area (Å²) in [6.45, 7) is 4.84. The molecule has 0 saturated carbocycles. The molecule has 0 aromatic carbocycles. The van der Waals surface area contributed by atoms with Gasteiger partial charge in [0.25, 0.3) is 5.56 Å². The van der Waals surface area contributed by atoms with E-state index in [0.29, 0.717) is 44.3 Å². The number of carbonyl (C=O) groups is 1. The average Bonchev–Trinajstić information content (AvgIpc) is 2.65. The van der Waals surface area contributed by atoms with Crippen LogP contribution in [0, 0.1) is 0 Å². The zero-order chi connectivity index (χ0) is 18.7. The first kappa shape index (κ1) is 17.8. The Kier molecular flexibility index (Phi) is 5.15. The van der Waals surface area contributed by atoms with Crippen molar-refractivity contribution in [3.63, 3.8) is 0 Å². The van der Waals surface area contributed by atoms with Crippen LogP contribution < -0.4 is 16.0 Å². The summed E-state index contributed by atoms with van der Waals surface area (Å²) in [6, 6.07) is 1.14.